The molecule has 0 aliphatic heterocycles. The van der Waals surface area contributed by atoms with Gasteiger partial charge in [0.15, 0.2) is 5.78 Å². The highest BCUT2D eigenvalue weighted by molar-refractivity contribution is 9.11. The van der Waals surface area contributed by atoms with Gasteiger partial charge in [0, 0.05) is 5.56 Å². The van der Waals surface area contributed by atoms with Crippen molar-refractivity contribution in [2.24, 2.45) is 0 Å². The Bertz CT molecular complexity index is 952. The van der Waals surface area contributed by atoms with E-state index in [9.17, 15) is 4.79 Å². The molecule has 0 heterocycles. The van der Waals surface area contributed by atoms with Crippen LogP contribution >= 0.6 is 15.9 Å². The van der Waals surface area contributed by atoms with Gasteiger partial charge < -0.3 is 4.74 Å². The van der Waals surface area contributed by atoms with Crippen LogP contribution in [0.25, 0.3) is 5.57 Å². The van der Waals surface area contributed by atoms with Gasteiger partial charge in [0.05, 0.1) is 0 Å². The monoisotopic (exact) mass is 418 g/mol. The quantitative estimate of drug-likeness (QED) is 0.243. The number of carbonyl (C=O) groups is 1. The zero-order chi connectivity index (χ0) is 19.1. The average molecular weight is 419 g/mol. The molecule has 3 aromatic carbocycles. The maximum absolute atomic E-state index is 12.5. The molecule has 0 aliphatic rings. The van der Waals surface area contributed by atoms with Crippen LogP contribution in [0.5, 0.6) is 11.5 Å². The van der Waals surface area contributed by atoms with Crippen molar-refractivity contribution in [3.63, 3.8) is 0 Å². The van der Waals surface area contributed by atoms with Crippen molar-refractivity contribution in [2.75, 3.05) is 0 Å². The molecule has 0 unspecified atom stereocenters. The van der Waals surface area contributed by atoms with Crippen molar-refractivity contribution >= 4 is 27.3 Å². The lowest BCUT2D eigenvalue weighted by Crippen LogP contribution is -1.95. The van der Waals surface area contributed by atoms with E-state index in [0.717, 1.165) is 21.4 Å². The number of hydrogen-bond donors (Lipinski definition) is 0. The maximum Gasteiger partial charge on any atom is 0.185 e. The second kappa shape index (κ2) is 9.15. The summed E-state index contributed by atoms with van der Waals surface area (Å²) >= 11 is 3.53. The molecule has 0 fully saturated rings. The van der Waals surface area contributed by atoms with Gasteiger partial charge in [-0.15, -0.1) is 0 Å². The maximum atomic E-state index is 12.5. The van der Waals surface area contributed by atoms with E-state index in [1.807, 2.05) is 73.7 Å². The molecular weight excluding hydrogens is 400 g/mol. The molecule has 27 heavy (non-hydrogen) atoms. The predicted molar refractivity (Wildman–Crippen MR) is 114 cm³/mol. The van der Waals surface area contributed by atoms with E-state index < -0.39 is 0 Å². The van der Waals surface area contributed by atoms with Crippen LogP contribution < -0.4 is 4.74 Å². The van der Waals surface area contributed by atoms with Gasteiger partial charge in [-0.05, 0) is 71.1 Å². The number of benzene rings is 3. The van der Waals surface area contributed by atoms with Crippen molar-refractivity contribution in [1.82, 2.24) is 0 Å². The molecule has 2 nitrogen and oxygen atoms in total. The molecule has 0 radical (unpaired) electrons. The lowest BCUT2D eigenvalue weighted by Gasteiger charge is -2.06. The Hall–Kier alpha value is -2.91. The van der Waals surface area contributed by atoms with Gasteiger partial charge in [0.25, 0.3) is 0 Å². The zero-order valence-corrected chi connectivity index (χ0v) is 16.5. The minimum atomic E-state index is -0.0524. The Morgan fingerprint density at radius 3 is 1.89 bits per heavy atom. The van der Waals surface area contributed by atoms with E-state index in [2.05, 4.69) is 15.9 Å². The van der Waals surface area contributed by atoms with Crippen molar-refractivity contribution in [3.05, 3.63) is 113 Å². The minimum absolute atomic E-state index is 0.0524. The van der Waals surface area contributed by atoms with Crippen molar-refractivity contribution in [1.29, 1.82) is 0 Å². The highest BCUT2D eigenvalue weighted by Crippen LogP contribution is 2.24. The Morgan fingerprint density at radius 1 is 0.741 bits per heavy atom. The molecule has 0 aromatic heterocycles. The lowest BCUT2D eigenvalue weighted by molar-refractivity contribution is 0.104. The number of allylic oxidation sites excluding steroid dienone is 4. The third-order valence-electron chi connectivity index (χ3n) is 3.98. The van der Waals surface area contributed by atoms with Gasteiger partial charge >= 0.3 is 0 Å². The largest absolute Gasteiger partial charge is 0.457 e. The van der Waals surface area contributed by atoms with Crippen LogP contribution in [0.3, 0.4) is 0 Å². The standard InChI is InChI=1S/C24H19BrO2/c1-18(25)23(19-8-4-2-5-9-19)16-17-24(26)20-12-14-22(15-13-20)27-21-10-6-3-7-11-21/h2-17H,1H3/b17-16+,23-18-. The Balaban J connectivity index is 1.72. The third-order valence-corrected chi connectivity index (χ3v) is 4.40. The molecule has 134 valence electrons. The molecule has 0 saturated heterocycles. The predicted octanol–water partition coefficient (Wildman–Crippen LogP) is 7.04. The van der Waals surface area contributed by atoms with Gasteiger partial charge in [-0.3, -0.25) is 4.79 Å². The molecular formula is C24H19BrO2. The number of hydrogen-bond acceptors (Lipinski definition) is 2. The fourth-order valence-electron chi connectivity index (χ4n) is 2.59. The molecule has 0 atom stereocenters. The first-order valence-corrected chi connectivity index (χ1v) is 9.40. The number of ketones is 1. The summed E-state index contributed by atoms with van der Waals surface area (Å²) in [5.41, 5.74) is 2.65. The molecule has 0 saturated carbocycles. The first kappa shape index (κ1) is 18.9. The highest BCUT2D eigenvalue weighted by atomic mass is 79.9. The topological polar surface area (TPSA) is 26.3 Å². The molecule has 0 amide bonds. The van der Waals surface area contributed by atoms with E-state index in [-0.39, 0.29) is 5.78 Å². The molecule has 0 N–H and O–H groups in total. The van der Waals surface area contributed by atoms with E-state index in [1.165, 1.54) is 0 Å². The number of ether oxygens (including phenoxy) is 1. The van der Waals surface area contributed by atoms with E-state index in [4.69, 9.17) is 4.74 Å². The average Bonchev–Trinajstić information content (AvgIpc) is 2.70. The van der Waals surface area contributed by atoms with Crippen molar-refractivity contribution in [3.8, 4) is 11.5 Å². The van der Waals surface area contributed by atoms with Crippen LogP contribution in [-0.2, 0) is 0 Å². The van der Waals surface area contributed by atoms with Gasteiger partial charge in [-0.25, -0.2) is 0 Å². The SMILES string of the molecule is C/C(Br)=C(\C=C\C(=O)c1ccc(Oc2ccccc2)cc1)c1ccccc1. The van der Waals surface area contributed by atoms with E-state index >= 15 is 0 Å². The highest BCUT2D eigenvalue weighted by Gasteiger charge is 2.05. The Morgan fingerprint density at radius 2 is 1.30 bits per heavy atom. The summed E-state index contributed by atoms with van der Waals surface area (Å²) in [5, 5.41) is 0. The minimum Gasteiger partial charge on any atom is -0.457 e. The van der Waals surface area contributed by atoms with Gasteiger partial charge in [-0.2, -0.15) is 0 Å². The number of para-hydroxylation sites is 1. The van der Waals surface area contributed by atoms with Gasteiger partial charge in [0.2, 0.25) is 0 Å². The fraction of sp³-hybridized carbons (Fsp3) is 0.0417. The Kier molecular flexibility index (Phi) is 6.39. The smallest absolute Gasteiger partial charge is 0.185 e. The van der Waals surface area contributed by atoms with Crippen LogP contribution in [0.2, 0.25) is 0 Å². The molecule has 0 bridgehead atoms. The first-order chi connectivity index (χ1) is 13.1. The van der Waals surface area contributed by atoms with Crippen LogP contribution in [0.15, 0.2) is 102 Å². The van der Waals surface area contributed by atoms with Crippen molar-refractivity contribution in [2.45, 2.75) is 6.92 Å². The summed E-state index contributed by atoms with van der Waals surface area (Å²) in [6.07, 6.45) is 3.44. The van der Waals surface area contributed by atoms with Crippen LogP contribution in [0.1, 0.15) is 22.8 Å². The molecule has 3 aromatic rings. The van der Waals surface area contributed by atoms with E-state index in [0.29, 0.717) is 11.3 Å². The zero-order valence-electron chi connectivity index (χ0n) is 14.9. The number of carbonyl (C=O) groups excluding carboxylic acids is 1. The molecule has 3 rings (SSSR count). The third kappa shape index (κ3) is 5.28. The molecule has 0 spiro atoms. The number of halogens is 1. The van der Waals surface area contributed by atoms with Crippen LogP contribution in [0, 0.1) is 0 Å². The van der Waals surface area contributed by atoms with E-state index in [1.54, 1.807) is 30.3 Å². The molecule has 0 aliphatic carbocycles. The lowest BCUT2D eigenvalue weighted by atomic mass is 10.0. The molecule has 3 heteroatoms. The summed E-state index contributed by atoms with van der Waals surface area (Å²) in [6.45, 7) is 1.97. The van der Waals surface area contributed by atoms with Gasteiger partial charge in [0.1, 0.15) is 11.5 Å². The summed E-state index contributed by atoms with van der Waals surface area (Å²) in [5.74, 6) is 1.41. The normalized spacial score (nSPS) is 11.9. The Labute approximate surface area is 167 Å². The summed E-state index contributed by atoms with van der Waals surface area (Å²) in [6, 6.07) is 26.7. The second-order valence-corrected chi connectivity index (χ2v) is 7.14. The van der Waals surface area contributed by atoms with Crippen molar-refractivity contribution < 1.29 is 9.53 Å². The van der Waals surface area contributed by atoms with Crippen LogP contribution in [0.4, 0.5) is 0 Å². The fourth-order valence-corrected chi connectivity index (χ4v) is 2.96. The second-order valence-electron chi connectivity index (χ2n) is 5.95. The number of rotatable bonds is 6. The summed E-state index contributed by atoms with van der Waals surface area (Å²) in [4.78, 5) is 12.5. The summed E-state index contributed by atoms with van der Waals surface area (Å²) in [7, 11) is 0. The van der Waals surface area contributed by atoms with Crippen LogP contribution in [-0.4, -0.2) is 5.78 Å². The van der Waals surface area contributed by atoms with Gasteiger partial charge in [-0.1, -0.05) is 64.5 Å². The first-order valence-electron chi connectivity index (χ1n) is 8.60. The summed E-state index contributed by atoms with van der Waals surface area (Å²) < 4.78 is 6.73.